The molecule has 6 nitrogen and oxygen atoms in total. The second kappa shape index (κ2) is 68.3. The van der Waals surface area contributed by atoms with Crippen LogP contribution in [0.15, 0.2) is 122 Å². The summed E-state index contributed by atoms with van der Waals surface area (Å²) in [5.41, 5.74) is 0. The number of esters is 3. The number of allylic oxidation sites excluding steroid dienone is 20. The van der Waals surface area contributed by atoms with Crippen molar-refractivity contribution >= 4 is 17.9 Å². The lowest BCUT2D eigenvalue weighted by molar-refractivity contribution is -0.167. The molecular weight excluding hydrogens is 997 g/mol. The molecule has 1 atom stereocenters. The van der Waals surface area contributed by atoms with E-state index in [9.17, 15) is 14.4 Å². The van der Waals surface area contributed by atoms with Gasteiger partial charge in [-0.2, -0.15) is 0 Å². The lowest BCUT2D eigenvalue weighted by Gasteiger charge is -2.18. The fourth-order valence-corrected chi connectivity index (χ4v) is 9.44. The Morgan fingerprint density at radius 2 is 0.481 bits per heavy atom. The van der Waals surface area contributed by atoms with Gasteiger partial charge in [0.15, 0.2) is 6.10 Å². The number of hydrogen-bond acceptors (Lipinski definition) is 6. The normalized spacial score (nSPS) is 12.9. The molecule has 0 fully saturated rings. The SMILES string of the molecule is CC/C=C\C/C=C\C/C=C\C/C=C\C/C=C\C/C=C\C/C=C\CCCCCCCCCCCCCCCC(=O)OCC(COC(=O)CCCCCCCCCCCCC)OC(=O)CCCCCCCCC/C=C\C/C=C\C/C=C\CC. The number of rotatable bonds is 61. The first-order valence-electron chi connectivity index (χ1n) is 34.0. The number of carbonyl (C=O) groups is 3. The van der Waals surface area contributed by atoms with E-state index in [0.717, 1.165) is 128 Å². The molecule has 0 saturated heterocycles. The summed E-state index contributed by atoms with van der Waals surface area (Å²) in [5, 5.41) is 0. The first-order chi connectivity index (χ1) is 40.0. The van der Waals surface area contributed by atoms with Crippen LogP contribution < -0.4 is 0 Å². The first kappa shape index (κ1) is 76.8. The van der Waals surface area contributed by atoms with E-state index in [0.29, 0.717) is 19.3 Å². The summed E-state index contributed by atoms with van der Waals surface area (Å²) in [6.45, 7) is 6.42. The van der Waals surface area contributed by atoms with Gasteiger partial charge in [-0.15, -0.1) is 0 Å². The summed E-state index contributed by atoms with van der Waals surface area (Å²) in [6.07, 6.45) is 95.1. The monoisotopic (exact) mass is 1120 g/mol. The van der Waals surface area contributed by atoms with E-state index in [1.54, 1.807) is 0 Å². The summed E-state index contributed by atoms with van der Waals surface area (Å²) in [4.78, 5) is 38.3. The zero-order valence-electron chi connectivity index (χ0n) is 53.0. The smallest absolute Gasteiger partial charge is 0.306 e. The molecule has 0 aromatic carbocycles. The Morgan fingerprint density at radius 1 is 0.259 bits per heavy atom. The highest BCUT2D eigenvalue weighted by Crippen LogP contribution is 2.17. The molecule has 0 aliphatic rings. The zero-order valence-corrected chi connectivity index (χ0v) is 53.0. The molecule has 0 bridgehead atoms. The molecule has 0 saturated carbocycles. The Kier molecular flexibility index (Phi) is 64.8. The van der Waals surface area contributed by atoms with Gasteiger partial charge in [0.2, 0.25) is 0 Å². The molecule has 0 amide bonds. The first-order valence-corrected chi connectivity index (χ1v) is 34.0. The Balaban J connectivity index is 4.17. The molecule has 0 aliphatic heterocycles. The van der Waals surface area contributed by atoms with Crippen LogP contribution in [0.4, 0.5) is 0 Å². The van der Waals surface area contributed by atoms with Crippen LogP contribution in [-0.2, 0) is 28.6 Å². The number of ether oxygens (including phenoxy) is 3. The average molecular weight is 1120 g/mol. The Morgan fingerprint density at radius 3 is 0.753 bits per heavy atom. The van der Waals surface area contributed by atoms with Gasteiger partial charge >= 0.3 is 17.9 Å². The van der Waals surface area contributed by atoms with Gasteiger partial charge in [0.1, 0.15) is 13.2 Å². The second-order valence-corrected chi connectivity index (χ2v) is 22.3. The molecule has 6 heteroatoms. The number of carbonyl (C=O) groups excluding carboxylic acids is 3. The lowest BCUT2D eigenvalue weighted by Crippen LogP contribution is -2.30. The van der Waals surface area contributed by atoms with Crippen molar-refractivity contribution in [2.75, 3.05) is 13.2 Å². The van der Waals surface area contributed by atoms with E-state index in [1.165, 1.54) is 148 Å². The molecule has 0 radical (unpaired) electrons. The van der Waals surface area contributed by atoms with Gasteiger partial charge in [0.25, 0.3) is 0 Å². The minimum absolute atomic E-state index is 0.0798. The quantitative estimate of drug-likeness (QED) is 0.0261. The molecule has 0 N–H and O–H groups in total. The van der Waals surface area contributed by atoms with Crippen LogP contribution in [0.25, 0.3) is 0 Å². The van der Waals surface area contributed by atoms with Gasteiger partial charge in [-0.1, -0.05) is 309 Å². The van der Waals surface area contributed by atoms with Crippen molar-refractivity contribution in [2.45, 2.75) is 322 Å². The summed E-state index contributed by atoms with van der Waals surface area (Å²) in [7, 11) is 0. The van der Waals surface area contributed by atoms with E-state index in [2.05, 4.69) is 142 Å². The van der Waals surface area contributed by atoms with Crippen LogP contribution in [0, 0.1) is 0 Å². The highest BCUT2D eigenvalue weighted by atomic mass is 16.6. The van der Waals surface area contributed by atoms with Gasteiger partial charge < -0.3 is 14.2 Å². The van der Waals surface area contributed by atoms with E-state index < -0.39 is 6.10 Å². The van der Waals surface area contributed by atoms with Crippen LogP contribution >= 0.6 is 0 Å². The Hall–Kier alpha value is -4.19. The van der Waals surface area contributed by atoms with Crippen molar-refractivity contribution in [1.82, 2.24) is 0 Å². The lowest BCUT2D eigenvalue weighted by atomic mass is 10.0. The summed E-state index contributed by atoms with van der Waals surface area (Å²) < 4.78 is 16.9. The van der Waals surface area contributed by atoms with Crippen molar-refractivity contribution < 1.29 is 28.6 Å². The average Bonchev–Trinajstić information content (AvgIpc) is 3.47. The molecular formula is C75H126O6. The van der Waals surface area contributed by atoms with Crippen LogP contribution in [-0.4, -0.2) is 37.2 Å². The summed E-state index contributed by atoms with van der Waals surface area (Å²) in [5.74, 6) is -0.883. The standard InChI is InChI=1S/C75H126O6/c1-4-7-10-13-16-19-22-24-26-28-29-30-31-32-33-34-35-36-37-38-39-40-41-42-43-44-45-47-48-50-53-56-59-62-65-68-74(77)80-71-72(70-79-73(76)67-64-61-58-55-52-21-18-15-12-9-6-3)81-75(78)69-66-63-60-57-54-51-49-46-27-25-23-20-17-14-11-8-5-2/h7-8,10-11,16-17,19-20,24-27,29-30,32-33,35-36,38-39,72H,4-6,9,12-15,18,21-23,28,31,34,37,40-71H2,1-3H3/b10-7-,11-8-,19-16-,20-17-,26-24-,27-25-,30-29-,33-32-,36-35-,39-38-. The third-order valence-electron chi connectivity index (χ3n) is 14.5. The van der Waals surface area contributed by atoms with E-state index in [4.69, 9.17) is 14.2 Å². The third kappa shape index (κ3) is 66.5. The summed E-state index contributed by atoms with van der Waals surface area (Å²) >= 11 is 0. The van der Waals surface area contributed by atoms with Crippen LogP contribution in [0.1, 0.15) is 316 Å². The van der Waals surface area contributed by atoms with Crippen molar-refractivity contribution in [2.24, 2.45) is 0 Å². The highest BCUT2D eigenvalue weighted by molar-refractivity contribution is 5.71. The Labute approximate surface area is 501 Å². The van der Waals surface area contributed by atoms with Crippen molar-refractivity contribution in [1.29, 1.82) is 0 Å². The van der Waals surface area contributed by atoms with Crippen LogP contribution in [0.2, 0.25) is 0 Å². The summed E-state index contributed by atoms with van der Waals surface area (Å²) in [6, 6.07) is 0. The molecule has 0 aromatic heterocycles. The number of unbranched alkanes of at least 4 members (excludes halogenated alkanes) is 30. The molecule has 0 aromatic rings. The molecule has 0 spiro atoms. The second-order valence-electron chi connectivity index (χ2n) is 22.3. The molecule has 81 heavy (non-hydrogen) atoms. The van der Waals surface area contributed by atoms with E-state index in [-0.39, 0.29) is 31.1 Å². The fourth-order valence-electron chi connectivity index (χ4n) is 9.44. The van der Waals surface area contributed by atoms with Gasteiger partial charge in [0, 0.05) is 19.3 Å². The Bertz CT molecular complexity index is 1670. The van der Waals surface area contributed by atoms with Gasteiger partial charge in [-0.3, -0.25) is 14.4 Å². The van der Waals surface area contributed by atoms with Crippen LogP contribution in [0.3, 0.4) is 0 Å². The minimum Gasteiger partial charge on any atom is -0.462 e. The molecule has 0 aliphatic carbocycles. The van der Waals surface area contributed by atoms with Crippen molar-refractivity contribution in [3.63, 3.8) is 0 Å². The zero-order chi connectivity index (χ0) is 58.5. The topological polar surface area (TPSA) is 78.9 Å². The highest BCUT2D eigenvalue weighted by Gasteiger charge is 2.19. The number of hydrogen-bond donors (Lipinski definition) is 0. The van der Waals surface area contributed by atoms with Crippen molar-refractivity contribution in [3.8, 4) is 0 Å². The van der Waals surface area contributed by atoms with Gasteiger partial charge in [-0.05, 0) is 109 Å². The fraction of sp³-hybridized carbons (Fsp3) is 0.693. The predicted molar refractivity (Wildman–Crippen MR) is 353 cm³/mol. The third-order valence-corrected chi connectivity index (χ3v) is 14.5. The maximum atomic E-state index is 12.9. The molecule has 0 heterocycles. The van der Waals surface area contributed by atoms with Gasteiger partial charge in [0.05, 0.1) is 0 Å². The van der Waals surface area contributed by atoms with Crippen molar-refractivity contribution in [3.05, 3.63) is 122 Å². The molecule has 462 valence electrons. The largest absolute Gasteiger partial charge is 0.462 e. The van der Waals surface area contributed by atoms with E-state index in [1.807, 2.05) is 0 Å². The van der Waals surface area contributed by atoms with Crippen LogP contribution in [0.5, 0.6) is 0 Å². The molecule has 1 unspecified atom stereocenters. The predicted octanol–water partition coefficient (Wildman–Crippen LogP) is 23.6. The van der Waals surface area contributed by atoms with E-state index >= 15 is 0 Å². The maximum Gasteiger partial charge on any atom is 0.306 e. The van der Waals surface area contributed by atoms with Gasteiger partial charge in [-0.25, -0.2) is 0 Å². The maximum absolute atomic E-state index is 12.9. The molecule has 0 rings (SSSR count). The minimum atomic E-state index is -0.784.